The van der Waals surface area contributed by atoms with E-state index in [-0.39, 0.29) is 11.3 Å². The number of nitrogens with zero attached hydrogens (tertiary/aromatic N) is 2. The van der Waals surface area contributed by atoms with Crippen molar-refractivity contribution < 1.29 is 4.79 Å². The molecule has 1 heterocycles. The molecule has 0 unspecified atom stereocenters. The maximum atomic E-state index is 11.7. The molecule has 0 saturated carbocycles. The molecule has 0 saturated heterocycles. The molecule has 0 spiro atoms. The molecule has 17 heavy (non-hydrogen) atoms. The molecule has 1 rings (SSSR count). The molecule has 2 N–H and O–H groups in total. The van der Waals surface area contributed by atoms with Crippen molar-refractivity contribution in [2.24, 2.45) is 5.41 Å². The predicted octanol–water partition coefficient (Wildman–Crippen LogP) is 1.68. The summed E-state index contributed by atoms with van der Waals surface area (Å²) in [6.45, 7) is 9.56. The fourth-order valence-corrected chi connectivity index (χ4v) is 1.16. The standard InChI is InChI=1S/C12H20N4O/c1-5-13-10-7-6-9(15-16-10)11(17)14-8-12(2,3)4/h6-7H,5,8H2,1-4H3,(H,13,16)(H,14,17). The van der Waals surface area contributed by atoms with Gasteiger partial charge in [0, 0.05) is 13.1 Å². The summed E-state index contributed by atoms with van der Waals surface area (Å²) in [6.07, 6.45) is 0. The largest absolute Gasteiger partial charge is 0.369 e. The van der Waals surface area contributed by atoms with Crippen molar-refractivity contribution >= 4 is 11.7 Å². The number of rotatable bonds is 4. The van der Waals surface area contributed by atoms with Gasteiger partial charge in [0.15, 0.2) is 5.69 Å². The molecule has 0 aliphatic rings. The van der Waals surface area contributed by atoms with Crippen LogP contribution in [0.2, 0.25) is 0 Å². The third-order valence-corrected chi connectivity index (χ3v) is 2.03. The van der Waals surface area contributed by atoms with Crippen LogP contribution < -0.4 is 10.6 Å². The van der Waals surface area contributed by atoms with E-state index in [2.05, 4.69) is 41.6 Å². The van der Waals surface area contributed by atoms with Crippen molar-refractivity contribution in [1.82, 2.24) is 15.5 Å². The van der Waals surface area contributed by atoms with Crippen molar-refractivity contribution in [3.05, 3.63) is 17.8 Å². The molecule has 0 aliphatic carbocycles. The lowest BCUT2D eigenvalue weighted by molar-refractivity contribution is 0.0933. The molecule has 1 amide bonds. The first-order valence-electron chi connectivity index (χ1n) is 5.78. The maximum absolute atomic E-state index is 11.7. The highest BCUT2D eigenvalue weighted by molar-refractivity contribution is 5.92. The van der Waals surface area contributed by atoms with Gasteiger partial charge in [-0.3, -0.25) is 4.79 Å². The Bertz CT molecular complexity index is 367. The molecule has 0 aromatic carbocycles. The number of amides is 1. The molecule has 0 bridgehead atoms. The quantitative estimate of drug-likeness (QED) is 0.834. The Morgan fingerprint density at radius 2 is 2.00 bits per heavy atom. The average Bonchev–Trinajstić information content (AvgIpc) is 2.26. The Kier molecular flexibility index (Phi) is 4.43. The third kappa shape index (κ3) is 4.80. The van der Waals surface area contributed by atoms with Crippen LogP contribution in [0.15, 0.2) is 12.1 Å². The molecule has 0 atom stereocenters. The van der Waals surface area contributed by atoms with Gasteiger partial charge in [-0.2, -0.15) is 0 Å². The fourth-order valence-electron chi connectivity index (χ4n) is 1.16. The van der Waals surface area contributed by atoms with E-state index in [1.54, 1.807) is 12.1 Å². The Morgan fingerprint density at radius 3 is 2.47 bits per heavy atom. The molecular formula is C12H20N4O. The van der Waals surface area contributed by atoms with Crippen LogP contribution in [0.5, 0.6) is 0 Å². The molecule has 94 valence electrons. The predicted molar refractivity (Wildman–Crippen MR) is 68.0 cm³/mol. The lowest BCUT2D eigenvalue weighted by Crippen LogP contribution is -2.32. The summed E-state index contributed by atoms with van der Waals surface area (Å²) in [5.74, 6) is 0.496. The number of nitrogens with one attached hydrogen (secondary N) is 2. The highest BCUT2D eigenvalue weighted by Gasteiger charge is 2.14. The molecule has 5 nitrogen and oxygen atoms in total. The molecule has 0 aliphatic heterocycles. The van der Waals surface area contributed by atoms with Gasteiger partial charge in [0.2, 0.25) is 0 Å². The van der Waals surface area contributed by atoms with Crippen LogP contribution >= 0.6 is 0 Å². The minimum atomic E-state index is -0.185. The lowest BCUT2D eigenvalue weighted by atomic mass is 9.97. The lowest BCUT2D eigenvalue weighted by Gasteiger charge is -2.18. The first kappa shape index (κ1) is 13.4. The van der Waals surface area contributed by atoms with Crippen molar-refractivity contribution in [3.8, 4) is 0 Å². The normalized spacial score (nSPS) is 11.1. The number of carbonyl (C=O) groups excluding carboxylic acids is 1. The second-order valence-electron chi connectivity index (χ2n) is 5.08. The van der Waals surface area contributed by atoms with Crippen LogP contribution in [-0.2, 0) is 0 Å². The summed E-state index contributed by atoms with van der Waals surface area (Å²) in [5, 5.41) is 13.6. The van der Waals surface area contributed by atoms with Crippen LogP contribution in [-0.4, -0.2) is 29.2 Å². The van der Waals surface area contributed by atoms with Crippen molar-refractivity contribution in [1.29, 1.82) is 0 Å². The molecule has 5 heteroatoms. The second-order valence-corrected chi connectivity index (χ2v) is 5.08. The van der Waals surface area contributed by atoms with Gasteiger partial charge in [-0.15, -0.1) is 10.2 Å². The summed E-state index contributed by atoms with van der Waals surface area (Å²) in [6, 6.07) is 3.42. The molecule has 1 aromatic rings. The van der Waals surface area contributed by atoms with Crippen LogP contribution in [0, 0.1) is 5.41 Å². The van der Waals surface area contributed by atoms with Gasteiger partial charge in [0.1, 0.15) is 5.82 Å². The maximum Gasteiger partial charge on any atom is 0.271 e. The topological polar surface area (TPSA) is 66.9 Å². The highest BCUT2D eigenvalue weighted by atomic mass is 16.1. The van der Waals surface area contributed by atoms with Crippen molar-refractivity contribution in [3.63, 3.8) is 0 Å². The van der Waals surface area contributed by atoms with Gasteiger partial charge >= 0.3 is 0 Å². The second kappa shape index (κ2) is 5.61. The summed E-state index contributed by atoms with van der Waals surface area (Å²) in [7, 11) is 0. The fraction of sp³-hybridized carbons (Fsp3) is 0.583. The molecule has 1 aromatic heterocycles. The first-order valence-corrected chi connectivity index (χ1v) is 5.78. The SMILES string of the molecule is CCNc1ccc(C(=O)NCC(C)(C)C)nn1. The number of carbonyl (C=O) groups is 1. The Balaban J connectivity index is 2.57. The number of hydrogen-bond acceptors (Lipinski definition) is 4. The van der Waals surface area contributed by atoms with Crippen LogP contribution in [0.3, 0.4) is 0 Å². The minimum absolute atomic E-state index is 0.0623. The Labute approximate surface area is 102 Å². The van der Waals surface area contributed by atoms with Gasteiger partial charge < -0.3 is 10.6 Å². The van der Waals surface area contributed by atoms with Crippen LogP contribution in [0.1, 0.15) is 38.2 Å². The van der Waals surface area contributed by atoms with Crippen LogP contribution in [0.4, 0.5) is 5.82 Å². The molecule has 0 fully saturated rings. The highest BCUT2D eigenvalue weighted by Crippen LogP contribution is 2.10. The van der Waals surface area contributed by atoms with E-state index in [0.717, 1.165) is 6.54 Å². The summed E-state index contributed by atoms with van der Waals surface area (Å²) >= 11 is 0. The summed E-state index contributed by atoms with van der Waals surface area (Å²) in [4.78, 5) is 11.7. The van der Waals surface area contributed by atoms with Gasteiger partial charge in [0.05, 0.1) is 0 Å². The smallest absolute Gasteiger partial charge is 0.271 e. The van der Waals surface area contributed by atoms with E-state index in [1.807, 2.05) is 6.92 Å². The van der Waals surface area contributed by atoms with E-state index >= 15 is 0 Å². The van der Waals surface area contributed by atoms with Crippen molar-refractivity contribution in [2.45, 2.75) is 27.7 Å². The zero-order chi connectivity index (χ0) is 12.9. The van der Waals surface area contributed by atoms with E-state index in [0.29, 0.717) is 18.1 Å². The average molecular weight is 236 g/mol. The third-order valence-electron chi connectivity index (χ3n) is 2.03. The van der Waals surface area contributed by atoms with Gasteiger partial charge in [0.25, 0.3) is 5.91 Å². The molecular weight excluding hydrogens is 216 g/mol. The minimum Gasteiger partial charge on any atom is -0.369 e. The summed E-state index contributed by atoms with van der Waals surface area (Å²) in [5.41, 5.74) is 0.406. The Hall–Kier alpha value is -1.65. The van der Waals surface area contributed by atoms with Gasteiger partial charge in [-0.25, -0.2) is 0 Å². The van der Waals surface area contributed by atoms with E-state index in [4.69, 9.17) is 0 Å². The number of anilines is 1. The Morgan fingerprint density at radius 1 is 1.29 bits per heavy atom. The monoisotopic (exact) mass is 236 g/mol. The summed E-state index contributed by atoms with van der Waals surface area (Å²) < 4.78 is 0. The van der Waals surface area contributed by atoms with Crippen molar-refractivity contribution in [2.75, 3.05) is 18.4 Å². The zero-order valence-electron chi connectivity index (χ0n) is 10.9. The first-order chi connectivity index (χ1) is 7.92. The van der Waals surface area contributed by atoms with Crippen LogP contribution in [0.25, 0.3) is 0 Å². The molecule has 0 radical (unpaired) electrons. The van der Waals surface area contributed by atoms with Gasteiger partial charge in [-0.05, 0) is 24.5 Å². The zero-order valence-corrected chi connectivity index (χ0v) is 10.9. The van der Waals surface area contributed by atoms with E-state index < -0.39 is 0 Å². The van der Waals surface area contributed by atoms with Gasteiger partial charge in [-0.1, -0.05) is 20.8 Å². The number of hydrogen-bond donors (Lipinski definition) is 2. The van der Waals surface area contributed by atoms with E-state index in [9.17, 15) is 4.79 Å². The van der Waals surface area contributed by atoms with E-state index in [1.165, 1.54) is 0 Å². The number of aromatic nitrogens is 2.